The first kappa shape index (κ1) is 14.1. The predicted octanol–water partition coefficient (Wildman–Crippen LogP) is 1.30. The molecule has 18 heavy (non-hydrogen) atoms. The molecule has 1 heterocycles. The van der Waals surface area contributed by atoms with E-state index in [1.54, 1.807) is 0 Å². The van der Waals surface area contributed by atoms with Crippen LogP contribution in [0.4, 0.5) is 13.2 Å². The molecule has 1 N–H and O–H groups in total. The number of halogens is 3. The number of rotatable bonds is 3. The lowest BCUT2D eigenvalue weighted by molar-refractivity contribution is -0.275. The maximum absolute atomic E-state index is 12.0. The van der Waals surface area contributed by atoms with Gasteiger partial charge in [-0.05, 0) is 6.92 Å². The minimum absolute atomic E-state index is 0.122. The minimum Gasteiger partial charge on any atom is -0.469 e. The maximum Gasteiger partial charge on any atom is 0.573 e. The number of H-pyrrole nitrogens is 1. The van der Waals surface area contributed by atoms with Gasteiger partial charge in [-0.2, -0.15) is 0 Å². The number of ether oxygens (including phenoxy) is 2. The van der Waals surface area contributed by atoms with Crippen LogP contribution in [0.15, 0.2) is 11.0 Å². The summed E-state index contributed by atoms with van der Waals surface area (Å²) >= 11 is 0. The van der Waals surface area contributed by atoms with E-state index in [1.165, 1.54) is 6.92 Å². The molecule has 1 aromatic rings. The minimum atomic E-state index is -4.97. The summed E-state index contributed by atoms with van der Waals surface area (Å²) in [5.41, 5.74) is -0.836. The first-order chi connectivity index (χ1) is 8.24. The number of alkyl halides is 3. The fourth-order valence-electron chi connectivity index (χ4n) is 1.28. The third-order valence-corrected chi connectivity index (χ3v) is 2.14. The molecule has 0 aliphatic carbocycles. The molecule has 0 saturated heterocycles. The highest BCUT2D eigenvalue weighted by Crippen LogP contribution is 2.20. The Labute approximate surface area is 99.5 Å². The number of aromatic nitrogens is 1. The van der Waals surface area contributed by atoms with E-state index in [0.717, 1.165) is 13.3 Å². The van der Waals surface area contributed by atoms with E-state index in [4.69, 9.17) is 0 Å². The van der Waals surface area contributed by atoms with E-state index in [0.29, 0.717) is 0 Å². The zero-order chi connectivity index (χ0) is 13.9. The van der Waals surface area contributed by atoms with Crippen molar-refractivity contribution < 1.29 is 27.4 Å². The van der Waals surface area contributed by atoms with Gasteiger partial charge in [0.05, 0.1) is 13.5 Å². The molecule has 0 unspecified atom stereocenters. The lowest BCUT2D eigenvalue weighted by atomic mass is 10.1. The van der Waals surface area contributed by atoms with Gasteiger partial charge in [0, 0.05) is 17.5 Å². The number of carbonyl (C=O) groups excluding carboxylic acids is 1. The zero-order valence-electron chi connectivity index (χ0n) is 9.55. The molecule has 0 radical (unpaired) electrons. The molecule has 0 fully saturated rings. The summed E-state index contributed by atoms with van der Waals surface area (Å²) in [4.78, 5) is 25.1. The molecule has 0 bridgehead atoms. The summed E-state index contributed by atoms with van der Waals surface area (Å²) in [7, 11) is 1.11. The molecular weight excluding hydrogens is 255 g/mol. The average Bonchev–Trinajstić information content (AvgIpc) is 2.26. The molecule has 1 rings (SSSR count). The van der Waals surface area contributed by atoms with Gasteiger partial charge in [0.25, 0.3) is 0 Å². The van der Waals surface area contributed by atoms with E-state index in [1.807, 2.05) is 0 Å². The van der Waals surface area contributed by atoms with Crippen molar-refractivity contribution in [2.75, 3.05) is 7.11 Å². The fraction of sp³-hybridized carbons (Fsp3) is 0.400. The molecule has 100 valence electrons. The summed E-state index contributed by atoms with van der Waals surface area (Å²) in [6.07, 6.45) is -4.59. The van der Waals surface area contributed by atoms with Gasteiger partial charge in [0.2, 0.25) is 5.43 Å². The van der Waals surface area contributed by atoms with Crippen molar-refractivity contribution in [2.45, 2.75) is 19.7 Å². The molecule has 0 aliphatic heterocycles. The third kappa shape index (κ3) is 3.51. The van der Waals surface area contributed by atoms with E-state index >= 15 is 0 Å². The molecule has 8 heteroatoms. The van der Waals surface area contributed by atoms with Gasteiger partial charge in [-0.25, -0.2) is 0 Å². The largest absolute Gasteiger partial charge is 0.573 e. The first-order valence-electron chi connectivity index (χ1n) is 4.78. The van der Waals surface area contributed by atoms with Crippen molar-refractivity contribution in [1.82, 2.24) is 4.98 Å². The SMILES string of the molecule is COC(=O)Cc1c(C)[nH]cc(OC(F)(F)F)c1=O. The van der Waals surface area contributed by atoms with Crippen LogP contribution in [0, 0.1) is 6.92 Å². The Balaban J connectivity index is 3.15. The van der Waals surface area contributed by atoms with E-state index in [9.17, 15) is 22.8 Å². The lowest BCUT2D eigenvalue weighted by Gasteiger charge is -2.10. The number of hydrogen-bond acceptors (Lipinski definition) is 4. The Morgan fingerprint density at radius 3 is 2.56 bits per heavy atom. The number of aromatic amines is 1. The average molecular weight is 265 g/mol. The maximum atomic E-state index is 12.0. The molecule has 0 spiro atoms. The van der Waals surface area contributed by atoms with E-state index in [2.05, 4.69) is 14.5 Å². The molecule has 5 nitrogen and oxygen atoms in total. The highest BCUT2D eigenvalue weighted by atomic mass is 19.4. The van der Waals surface area contributed by atoms with Crippen LogP contribution in [0.3, 0.4) is 0 Å². The number of esters is 1. The highest BCUT2D eigenvalue weighted by molar-refractivity contribution is 5.72. The Morgan fingerprint density at radius 1 is 1.44 bits per heavy atom. The topological polar surface area (TPSA) is 68.4 Å². The number of aryl methyl sites for hydroxylation is 1. The molecule has 0 aliphatic rings. The molecule has 1 aromatic heterocycles. The van der Waals surface area contributed by atoms with Crippen molar-refractivity contribution in [2.24, 2.45) is 0 Å². The molecule has 0 aromatic carbocycles. The summed E-state index contributed by atoms with van der Waals surface area (Å²) in [6.45, 7) is 1.46. The highest BCUT2D eigenvalue weighted by Gasteiger charge is 2.32. The molecule has 0 amide bonds. The molecule has 0 saturated carbocycles. The second-order valence-electron chi connectivity index (χ2n) is 3.39. The smallest absolute Gasteiger partial charge is 0.469 e. The van der Waals surface area contributed by atoms with Crippen LogP contribution in [0.1, 0.15) is 11.3 Å². The van der Waals surface area contributed by atoms with Crippen LogP contribution in [0.2, 0.25) is 0 Å². The lowest BCUT2D eigenvalue weighted by Crippen LogP contribution is -2.25. The molecular formula is C10H10F3NO4. The Kier molecular flexibility index (Phi) is 4.00. The second-order valence-corrected chi connectivity index (χ2v) is 3.39. The van der Waals surface area contributed by atoms with Crippen molar-refractivity contribution in [3.63, 3.8) is 0 Å². The van der Waals surface area contributed by atoms with Gasteiger partial charge in [0.15, 0.2) is 5.75 Å². The van der Waals surface area contributed by atoms with Crippen LogP contribution in [0.25, 0.3) is 0 Å². The van der Waals surface area contributed by atoms with Crippen LogP contribution in [-0.2, 0) is 16.0 Å². The van der Waals surface area contributed by atoms with Crippen molar-refractivity contribution in [3.8, 4) is 5.75 Å². The summed E-state index contributed by atoms with van der Waals surface area (Å²) in [5.74, 6) is -1.64. The number of carbonyl (C=O) groups is 1. The number of pyridine rings is 1. The van der Waals surface area contributed by atoms with E-state index in [-0.39, 0.29) is 11.3 Å². The Hall–Kier alpha value is -1.99. The number of nitrogens with one attached hydrogen (secondary N) is 1. The summed E-state index contributed by atoms with van der Waals surface area (Å²) < 4.78 is 43.9. The second kappa shape index (κ2) is 5.11. The normalized spacial score (nSPS) is 11.2. The van der Waals surface area contributed by atoms with Crippen molar-refractivity contribution >= 4 is 5.97 Å². The summed E-state index contributed by atoms with van der Waals surface area (Å²) in [6, 6.07) is 0. The van der Waals surface area contributed by atoms with Gasteiger partial charge in [-0.3, -0.25) is 9.59 Å². The molecule has 0 atom stereocenters. The quantitative estimate of drug-likeness (QED) is 0.836. The van der Waals surface area contributed by atoms with Crippen LogP contribution >= 0.6 is 0 Å². The first-order valence-corrected chi connectivity index (χ1v) is 4.78. The fourth-order valence-corrected chi connectivity index (χ4v) is 1.28. The van der Waals surface area contributed by atoms with Crippen LogP contribution in [0.5, 0.6) is 5.75 Å². The van der Waals surface area contributed by atoms with Gasteiger partial charge >= 0.3 is 12.3 Å². The number of methoxy groups -OCH3 is 1. The van der Waals surface area contributed by atoms with Crippen molar-refractivity contribution in [1.29, 1.82) is 0 Å². The van der Waals surface area contributed by atoms with Gasteiger partial charge in [-0.1, -0.05) is 0 Å². The van der Waals surface area contributed by atoms with Gasteiger partial charge in [-0.15, -0.1) is 13.2 Å². The van der Waals surface area contributed by atoms with Crippen LogP contribution in [-0.4, -0.2) is 24.4 Å². The van der Waals surface area contributed by atoms with Crippen LogP contribution < -0.4 is 10.2 Å². The summed E-state index contributed by atoms with van der Waals surface area (Å²) in [5, 5.41) is 0. The third-order valence-electron chi connectivity index (χ3n) is 2.14. The Bertz CT molecular complexity index is 507. The van der Waals surface area contributed by atoms with Gasteiger partial charge in [0.1, 0.15) is 0 Å². The Morgan fingerprint density at radius 2 is 2.06 bits per heavy atom. The van der Waals surface area contributed by atoms with Crippen molar-refractivity contribution in [3.05, 3.63) is 27.7 Å². The number of hydrogen-bond donors (Lipinski definition) is 1. The van der Waals surface area contributed by atoms with E-state index < -0.39 is 29.9 Å². The van der Waals surface area contributed by atoms with Gasteiger partial charge < -0.3 is 14.5 Å². The zero-order valence-corrected chi connectivity index (χ0v) is 9.55. The predicted molar refractivity (Wildman–Crippen MR) is 54.2 cm³/mol. The standard InChI is InChI=1S/C10H10F3NO4/c1-5-6(3-8(15)17-2)9(16)7(4-14-5)18-10(11,12)13/h4H,3H2,1-2H3,(H,14,16). The monoisotopic (exact) mass is 265 g/mol.